The van der Waals surface area contributed by atoms with E-state index in [4.69, 9.17) is 9.47 Å². The molecule has 0 bridgehead atoms. The molecule has 0 spiro atoms. The Bertz CT molecular complexity index is 511. The van der Waals surface area contributed by atoms with Crippen LogP contribution in [0, 0.1) is 5.82 Å². The summed E-state index contributed by atoms with van der Waals surface area (Å²) >= 11 is 1.47. The van der Waals surface area contributed by atoms with Gasteiger partial charge in [0.05, 0.1) is 5.01 Å². The summed E-state index contributed by atoms with van der Waals surface area (Å²) in [6.45, 7) is 0. The first-order valence-electron chi connectivity index (χ1n) is 5.48. The summed E-state index contributed by atoms with van der Waals surface area (Å²) in [6.07, 6.45) is 0.0212. The van der Waals surface area contributed by atoms with E-state index < -0.39 is 6.29 Å². The predicted molar refractivity (Wildman–Crippen MR) is 68.1 cm³/mol. The van der Waals surface area contributed by atoms with Crippen LogP contribution in [0.1, 0.15) is 22.6 Å². The average Bonchev–Trinajstić information content (AvgIpc) is 2.82. The summed E-state index contributed by atoms with van der Waals surface area (Å²) in [6, 6.07) is 6.72. The van der Waals surface area contributed by atoms with Gasteiger partial charge >= 0.3 is 0 Å². The fourth-order valence-corrected chi connectivity index (χ4v) is 2.47. The van der Waals surface area contributed by atoms with Gasteiger partial charge in [0.2, 0.25) is 6.29 Å². The molecule has 1 aromatic carbocycles. The molecular formula is C13H14FNO2S. The van der Waals surface area contributed by atoms with Gasteiger partial charge in [-0.3, -0.25) is 0 Å². The Morgan fingerprint density at radius 2 is 2.00 bits per heavy atom. The summed E-state index contributed by atoms with van der Waals surface area (Å²) in [4.78, 5) is 4.39. The number of halogens is 1. The van der Waals surface area contributed by atoms with Crippen molar-refractivity contribution in [1.29, 1.82) is 0 Å². The molecule has 18 heavy (non-hydrogen) atoms. The number of ether oxygens (including phenoxy) is 2. The van der Waals surface area contributed by atoms with Crippen LogP contribution in [0.4, 0.5) is 4.39 Å². The first kappa shape index (κ1) is 13.1. The lowest BCUT2D eigenvalue weighted by molar-refractivity contribution is -0.108. The second-order valence-corrected chi connectivity index (χ2v) is 4.68. The van der Waals surface area contributed by atoms with Crippen LogP contribution in [0.25, 0.3) is 0 Å². The third-order valence-corrected chi connectivity index (χ3v) is 3.41. The third kappa shape index (κ3) is 2.93. The summed E-state index contributed by atoms with van der Waals surface area (Å²) in [5.41, 5.74) is 1.36. The molecule has 0 fully saturated rings. The first-order chi connectivity index (χ1) is 8.74. The topological polar surface area (TPSA) is 31.4 Å². The number of aromatic nitrogens is 1. The zero-order chi connectivity index (χ0) is 13.0. The fourth-order valence-electron chi connectivity index (χ4n) is 1.66. The van der Waals surface area contributed by atoms with E-state index in [2.05, 4.69) is 4.98 Å². The second-order valence-electron chi connectivity index (χ2n) is 3.74. The summed E-state index contributed by atoms with van der Waals surface area (Å²) in [5.74, 6) is -0.204. The average molecular weight is 267 g/mol. The lowest BCUT2D eigenvalue weighted by Crippen LogP contribution is -2.04. The zero-order valence-electron chi connectivity index (χ0n) is 10.2. The van der Waals surface area contributed by atoms with Crippen LogP contribution in [0.3, 0.4) is 0 Å². The molecule has 2 aromatic rings. The quantitative estimate of drug-likeness (QED) is 0.780. The van der Waals surface area contributed by atoms with Crippen molar-refractivity contribution in [2.24, 2.45) is 0 Å². The molecule has 0 saturated heterocycles. The molecule has 96 valence electrons. The van der Waals surface area contributed by atoms with Crippen molar-refractivity contribution >= 4 is 11.3 Å². The number of nitrogens with zero attached hydrogens (tertiary/aromatic N) is 1. The Morgan fingerprint density at radius 1 is 1.28 bits per heavy atom. The maximum absolute atomic E-state index is 13.5. The Morgan fingerprint density at radius 3 is 2.67 bits per heavy atom. The summed E-state index contributed by atoms with van der Waals surface area (Å²) < 4.78 is 23.7. The number of hydrogen-bond acceptors (Lipinski definition) is 4. The Labute approximate surface area is 109 Å². The number of rotatable bonds is 5. The molecule has 0 aliphatic carbocycles. The van der Waals surface area contributed by atoms with Gasteiger partial charge in [0.1, 0.15) is 11.5 Å². The van der Waals surface area contributed by atoms with Crippen molar-refractivity contribution in [2.45, 2.75) is 12.7 Å². The third-order valence-electron chi connectivity index (χ3n) is 2.54. The van der Waals surface area contributed by atoms with Crippen molar-refractivity contribution < 1.29 is 13.9 Å². The molecule has 5 heteroatoms. The van der Waals surface area contributed by atoms with Gasteiger partial charge in [0, 0.05) is 26.0 Å². The predicted octanol–water partition coefficient (Wildman–Crippen LogP) is 3.16. The van der Waals surface area contributed by atoms with Gasteiger partial charge in [-0.2, -0.15) is 0 Å². The Hall–Kier alpha value is -1.30. The second kappa shape index (κ2) is 6.04. The minimum Gasteiger partial charge on any atom is -0.350 e. The van der Waals surface area contributed by atoms with Crippen LogP contribution in [0.5, 0.6) is 0 Å². The highest BCUT2D eigenvalue weighted by Crippen LogP contribution is 2.22. The maximum Gasteiger partial charge on any atom is 0.201 e. The SMILES string of the molecule is COC(OC)c1csc(Cc2ccccc2F)n1. The van der Waals surface area contributed by atoms with Gasteiger partial charge in [-0.05, 0) is 11.6 Å². The lowest BCUT2D eigenvalue weighted by atomic mass is 10.1. The standard InChI is InChI=1S/C13H14FNO2S/c1-16-13(17-2)11-8-18-12(15-11)7-9-5-3-4-6-10(9)14/h3-6,8,13H,7H2,1-2H3. The van der Waals surface area contributed by atoms with Crippen LogP contribution >= 0.6 is 11.3 Å². The molecule has 0 amide bonds. The van der Waals surface area contributed by atoms with Gasteiger partial charge in [-0.15, -0.1) is 11.3 Å². The van der Waals surface area contributed by atoms with Crippen molar-refractivity contribution in [3.63, 3.8) is 0 Å². The van der Waals surface area contributed by atoms with E-state index in [0.717, 1.165) is 10.7 Å². The van der Waals surface area contributed by atoms with Crippen molar-refractivity contribution in [3.8, 4) is 0 Å². The van der Waals surface area contributed by atoms with Crippen LogP contribution in [0.2, 0.25) is 0 Å². The van der Waals surface area contributed by atoms with Crippen molar-refractivity contribution in [3.05, 3.63) is 51.7 Å². The molecule has 0 N–H and O–H groups in total. The van der Waals surface area contributed by atoms with Crippen LogP contribution < -0.4 is 0 Å². The van der Waals surface area contributed by atoms with Crippen LogP contribution in [0.15, 0.2) is 29.6 Å². The van der Waals surface area contributed by atoms with Crippen molar-refractivity contribution in [1.82, 2.24) is 4.98 Å². The summed E-state index contributed by atoms with van der Waals surface area (Å²) in [5, 5.41) is 2.71. The zero-order valence-corrected chi connectivity index (χ0v) is 11.0. The van der Waals surface area contributed by atoms with Gasteiger partial charge < -0.3 is 9.47 Å². The van der Waals surface area contributed by atoms with Gasteiger partial charge in [0.15, 0.2) is 0 Å². The minimum atomic E-state index is -0.462. The van der Waals surface area contributed by atoms with E-state index in [9.17, 15) is 4.39 Å². The molecule has 0 atom stereocenters. The van der Waals surface area contributed by atoms with E-state index in [1.165, 1.54) is 17.4 Å². The number of benzene rings is 1. The molecule has 1 heterocycles. The molecule has 1 aromatic heterocycles. The van der Waals surface area contributed by atoms with E-state index in [0.29, 0.717) is 12.0 Å². The molecule has 0 saturated carbocycles. The van der Waals surface area contributed by atoms with Gasteiger partial charge in [0.25, 0.3) is 0 Å². The lowest BCUT2D eigenvalue weighted by Gasteiger charge is -2.09. The van der Waals surface area contributed by atoms with Gasteiger partial charge in [-0.25, -0.2) is 9.37 Å². The van der Waals surface area contributed by atoms with Crippen molar-refractivity contribution in [2.75, 3.05) is 14.2 Å². The van der Waals surface area contributed by atoms with Crippen LogP contribution in [-0.2, 0) is 15.9 Å². The molecule has 2 rings (SSSR count). The minimum absolute atomic E-state index is 0.204. The van der Waals surface area contributed by atoms with Crippen LogP contribution in [-0.4, -0.2) is 19.2 Å². The molecule has 0 aliphatic heterocycles. The molecular weight excluding hydrogens is 253 g/mol. The Balaban J connectivity index is 2.14. The highest BCUT2D eigenvalue weighted by molar-refractivity contribution is 7.09. The summed E-state index contributed by atoms with van der Waals surface area (Å²) in [7, 11) is 3.12. The Kier molecular flexibility index (Phi) is 4.41. The van der Waals surface area contributed by atoms with E-state index >= 15 is 0 Å². The maximum atomic E-state index is 13.5. The van der Waals surface area contributed by atoms with E-state index in [-0.39, 0.29) is 5.82 Å². The molecule has 0 unspecified atom stereocenters. The smallest absolute Gasteiger partial charge is 0.201 e. The fraction of sp³-hybridized carbons (Fsp3) is 0.308. The number of methoxy groups -OCH3 is 2. The molecule has 3 nitrogen and oxygen atoms in total. The first-order valence-corrected chi connectivity index (χ1v) is 6.36. The normalized spacial score (nSPS) is 11.1. The highest BCUT2D eigenvalue weighted by Gasteiger charge is 2.14. The van der Waals surface area contributed by atoms with E-state index in [1.807, 2.05) is 11.4 Å². The molecule has 0 aliphatic rings. The van der Waals surface area contributed by atoms with Gasteiger partial charge in [-0.1, -0.05) is 18.2 Å². The molecule has 0 radical (unpaired) electrons. The monoisotopic (exact) mass is 267 g/mol. The largest absolute Gasteiger partial charge is 0.350 e. The highest BCUT2D eigenvalue weighted by atomic mass is 32.1. The van der Waals surface area contributed by atoms with E-state index in [1.54, 1.807) is 26.4 Å². The number of hydrogen-bond donors (Lipinski definition) is 0. The number of thiazole rings is 1.